The first-order chi connectivity index (χ1) is 12.0. The van der Waals surface area contributed by atoms with Crippen LogP contribution in [0.4, 0.5) is 0 Å². The Morgan fingerprint density at radius 3 is 2.32 bits per heavy atom. The van der Waals surface area contributed by atoms with E-state index in [1.807, 2.05) is 30.3 Å². The van der Waals surface area contributed by atoms with E-state index in [2.05, 4.69) is 0 Å². The molecule has 6 heteroatoms. The summed E-state index contributed by atoms with van der Waals surface area (Å²) >= 11 is 12.2. The third-order valence-corrected chi connectivity index (χ3v) is 4.62. The molecule has 0 aromatic heterocycles. The first-order valence-electron chi connectivity index (χ1n) is 7.79. The third-order valence-electron chi connectivity index (χ3n) is 4.15. The zero-order chi connectivity index (χ0) is 17.4. The molecule has 0 N–H and O–H groups in total. The van der Waals surface area contributed by atoms with Crippen LogP contribution in [0.2, 0.25) is 10.0 Å². The Morgan fingerprint density at radius 2 is 1.68 bits per heavy atom. The highest BCUT2D eigenvalue weighted by atomic mass is 35.5. The maximum absolute atomic E-state index is 11.6. The predicted molar refractivity (Wildman–Crippen MR) is 93.1 cm³/mol. The van der Waals surface area contributed by atoms with Crippen LogP contribution in [0.25, 0.3) is 0 Å². The molecule has 2 aromatic rings. The molecular weight excluding hydrogens is 363 g/mol. The van der Waals surface area contributed by atoms with Gasteiger partial charge in [-0.15, -0.1) is 0 Å². The lowest BCUT2D eigenvalue weighted by molar-refractivity contribution is -0.335. The monoisotopic (exact) mass is 376 g/mol. The van der Waals surface area contributed by atoms with Crippen molar-refractivity contribution in [3.63, 3.8) is 0 Å². The molecule has 0 amide bonds. The predicted octanol–water partition coefficient (Wildman–Crippen LogP) is 4.98. The maximum Gasteiger partial charge on any atom is 0.333 e. The fourth-order valence-corrected chi connectivity index (χ4v) is 3.42. The molecule has 0 saturated carbocycles. The topological polar surface area (TPSA) is 44.8 Å². The quantitative estimate of drug-likeness (QED) is 0.693. The lowest BCUT2D eigenvalue weighted by Gasteiger charge is -2.40. The number of benzene rings is 2. The third kappa shape index (κ3) is 3.44. The normalized spacial score (nSPS) is 28.3. The summed E-state index contributed by atoms with van der Waals surface area (Å²) < 4.78 is 17.5. The first kappa shape index (κ1) is 16.6. The minimum Gasteiger partial charge on any atom is -0.426 e. The summed E-state index contributed by atoms with van der Waals surface area (Å²) in [5.74, 6) is -1.59. The van der Waals surface area contributed by atoms with Gasteiger partial charge in [0.2, 0.25) is 5.79 Å². The molecule has 128 valence electrons. The van der Waals surface area contributed by atoms with Crippen LogP contribution in [0, 0.1) is 0 Å². The van der Waals surface area contributed by atoms with Crippen LogP contribution >= 0.6 is 23.2 Å². The van der Waals surface area contributed by atoms with E-state index in [-0.39, 0.29) is 6.10 Å². The van der Waals surface area contributed by atoms with Gasteiger partial charge >= 0.3 is 5.97 Å². The summed E-state index contributed by atoms with van der Waals surface area (Å²) in [5, 5.41) is 1.18. The Labute approximate surface area is 154 Å². The molecule has 4 rings (SSSR count). The number of hydrogen-bond donors (Lipinski definition) is 0. The van der Waals surface area contributed by atoms with Gasteiger partial charge in [-0.25, -0.2) is 4.79 Å². The van der Waals surface area contributed by atoms with Gasteiger partial charge in [-0.05, 0) is 35.9 Å². The molecule has 2 aliphatic rings. The molecule has 0 aliphatic carbocycles. The molecule has 2 aromatic carbocycles. The van der Waals surface area contributed by atoms with Crippen molar-refractivity contribution in [1.29, 1.82) is 0 Å². The second kappa shape index (κ2) is 6.46. The second-order valence-electron chi connectivity index (χ2n) is 5.95. The van der Waals surface area contributed by atoms with E-state index in [4.69, 9.17) is 37.4 Å². The molecule has 0 radical (unpaired) electrons. The van der Waals surface area contributed by atoms with Gasteiger partial charge < -0.3 is 14.2 Å². The Balaban J connectivity index is 1.71. The summed E-state index contributed by atoms with van der Waals surface area (Å²) in [6.45, 7) is 0. The summed E-state index contributed by atoms with van der Waals surface area (Å²) in [5.41, 5.74) is 1.63. The molecule has 3 atom stereocenters. The number of carbonyl (C=O) groups is 1. The van der Waals surface area contributed by atoms with Crippen LogP contribution in [0.15, 0.2) is 60.7 Å². The highest BCUT2D eigenvalue weighted by Gasteiger charge is 2.47. The van der Waals surface area contributed by atoms with Crippen molar-refractivity contribution in [3.05, 3.63) is 81.9 Å². The average Bonchev–Trinajstić information content (AvgIpc) is 2.94. The van der Waals surface area contributed by atoms with Crippen LogP contribution in [0.1, 0.15) is 29.9 Å². The molecular formula is C19H14Cl2O4. The number of esters is 1. The van der Waals surface area contributed by atoms with Crippen molar-refractivity contribution in [1.82, 2.24) is 0 Å². The van der Waals surface area contributed by atoms with E-state index in [0.717, 1.165) is 11.1 Å². The van der Waals surface area contributed by atoms with Gasteiger partial charge in [0.15, 0.2) is 6.29 Å². The molecule has 0 bridgehead atoms. The van der Waals surface area contributed by atoms with Gasteiger partial charge in [0.05, 0.1) is 6.10 Å². The summed E-state index contributed by atoms with van der Waals surface area (Å²) in [4.78, 5) is 11.6. The molecule has 1 fully saturated rings. The number of carbonyl (C=O) groups excluding carboxylic acids is 1. The lowest BCUT2D eigenvalue weighted by Crippen LogP contribution is -2.41. The fourth-order valence-electron chi connectivity index (χ4n) is 3.02. The molecule has 1 saturated heterocycles. The van der Waals surface area contributed by atoms with Crippen molar-refractivity contribution in [2.45, 2.75) is 24.6 Å². The smallest absolute Gasteiger partial charge is 0.333 e. The van der Waals surface area contributed by atoms with Crippen LogP contribution in [0.5, 0.6) is 0 Å². The highest BCUT2D eigenvalue weighted by molar-refractivity contribution is 6.30. The van der Waals surface area contributed by atoms with E-state index < -0.39 is 18.0 Å². The standard InChI is InChI=1S/C19H14Cl2O4/c20-14-5-1-3-12(9-14)16-11-19(8-7-17(22)24-19)25-18(23-16)13-4-2-6-15(21)10-13/h1-10,16,18H,11H2/t16-,18+,19-/m0/s1. The van der Waals surface area contributed by atoms with Crippen molar-refractivity contribution in [2.75, 3.05) is 0 Å². The number of rotatable bonds is 2. The Bertz CT molecular complexity index is 795. The Hall–Kier alpha value is -1.85. The summed E-state index contributed by atoms with van der Waals surface area (Å²) in [7, 11) is 0. The number of hydrogen-bond acceptors (Lipinski definition) is 4. The molecule has 2 aliphatic heterocycles. The van der Waals surface area contributed by atoms with Crippen LogP contribution < -0.4 is 0 Å². The van der Waals surface area contributed by atoms with Crippen molar-refractivity contribution in [3.8, 4) is 0 Å². The van der Waals surface area contributed by atoms with E-state index in [1.165, 1.54) is 6.08 Å². The maximum atomic E-state index is 11.6. The number of ether oxygens (including phenoxy) is 3. The Kier molecular flexibility index (Phi) is 4.29. The molecule has 4 nitrogen and oxygen atoms in total. The number of halogens is 2. The highest BCUT2D eigenvalue weighted by Crippen LogP contribution is 2.46. The van der Waals surface area contributed by atoms with E-state index in [1.54, 1.807) is 24.3 Å². The van der Waals surface area contributed by atoms with E-state index in [0.29, 0.717) is 16.5 Å². The first-order valence-corrected chi connectivity index (χ1v) is 8.55. The van der Waals surface area contributed by atoms with Gasteiger partial charge in [0, 0.05) is 28.1 Å². The zero-order valence-corrected chi connectivity index (χ0v) is 14.5. The summed E-state index contributed by atoms with van der Waals surface area (Å²) in [6, 6.07) is 14.6. The Morgan fingerprint density at radius 1 is 1.00 bits per heavy atom. The van der Waals surface area contributed by atoms with Crippen molar-refractivity contribution < 1.29 is 19.0 Å². The average molecular weight is 377 g/mol. The van der Waals surface area contributed by atoms with Crippen molar-refractivity contribution in [2.24, 2.45) is 0 Å². The SMILES string of the molecule is O=C1C=C[C@]2(C[C@@H](c3cccc(Cl)c3)O[C@@H](c3cccc(Cl)c3)O2)O1. The molecule has 0 unspecified atom stereocenters. The lowest BCUT2D eigenvalue weighted by atomic mass is 9.99. The minimum absolute atomic E-state index is 0.340. The summed E-state index contributed by atoms with van der Waals surface area (Å²) in [6.07, 6.45) is 2.26. The van der Waals surface area contributed by atoms with Crippen LogP contribution in [-0.4, -0.2) is 11.8 Å². The molecule has 1 spiro atoms. The van der Waals surface area contributed by atoms with Gasteiger partial charge in [-0.1, -0.05) is 47.5 Å². The van der Waals surface area contributed by atoms with Gasteiger partial charge in [0.25, 0.3) is 0 Å². The van der Waals surface area contributed by atoms with Crippen molar-refractivity contribution >= 4 is 29.2 Å². The minimum atomic E-state index is -1.16. The largest absolute Gasteiger partial charge is 0.426 e. The zero-order valence-electron chi connectivity index (χ0n) is 13.0. The molecule has 2 heterocycles. The van der Waals surface area contributed by atoms with Gasteiger partial charge in [-0.2, -0.15) is 0 Å². The van der Waals surface area contributed by atoms with Crippen LogP contribution in [0.3, 0.4) is 0 Å². The second-order valence-corrected chi connectivity index (χ2v) is 6.83. The van der Waals surface area contributed by atoms with Crippen LogP contribution in [-0.2, 0) is 19.0 Å². The fraction of sp³-hybridized carbons (Fsp3) is 0.211. The van der Waals surface area contributed by atoms with Gasteiger partial charge in [-0.3, -0.25) is 0 Å². The van der Waals surface area contributed by atoms with Gasteiger partial charge in [0.1, 0.15) is 0 Å². The molecule has 25 heavy (non-hydrogen) atoms. The van der Waals surface area contributed by atoms with E-state index in [9.17, 15) is 4.79 Å². The van der Waals surface area contributed by atoms with E-state index >= 15 is 0 Å².